The highest BCUT2D eigenvalue weighted by Crippen LogP contribution is 2.47. The third-order valence-electron chi connectivity index (χ3n) is 20.6. The Morgan fingerprint density at radius 3 is 0.676 bits per heavy atom. The lowest BCUT2D eigenvalue weighted by Crippen LogP contribution is -2.21. The van der Waals surface area contributed by atoms with Crippen molar-refractivity contribution in [2.45, 2.75) is 191 Å². The van der Waals surface area contributed by atoms with Gasteiger partial charge in [-0.05, 0) is 296 Å². The van der Waals surface area contributed by atoms with Crippen LogP contribution in [0, 0.1) is 40.4 Å². The Kier molecular flexibility index (Phi) is 36.7. The third-order valence-corrected chi connectivity index (χ3v) is 32.0. The number of ether oxygens (including phenoxy) is 7. The molecule has 1 aliphatic rings. The van der Waals surface area contributed by atoms with Crippen LogP contribution < -0.4 is 33.2 Å². The molecule has 0 aromatic heterocycles. The standard InChI is InChI=1S/C25H24F3OS.2C21H15F6O2S.C21H18F3OS.C20H15F4OS/c26-25(27,28)29-21-13-17-24(18-14-21)30(22-9-5-2-6-10-22)23-15-11-20(12-16-23)19-7-3-1-4-8-19;1-14-8-2-5-11-17(14)30(18-12-6-3-9-15(18)28-20(22,23)24)19-13-7-4-10-16(19)29-21(25,26)27;1-14-6-10-16(11-7-14)30(17-12-8-15(9-13-17)28-20(22,23)24)19-5-3-2-4-18(19)29-21(25,26)27;1-15-3-9-18(10-4-15)26(19-11-5-16(2)6-12-19)20-13-7-17(8-14-20)25-21(22,23)24;1-14-2-8-17(9-3-14)26(18-10-4-15(21)5-11-18)19-12-6-16(7-13-19)25-20(22,23)24/h2,5-6,9-19H,1,3-4,7-8H2;2*2-13H,1H3;3-14H,1-2H3;2-13H,1H3/q5*+1. The Morgan fingerprint density at radius 2 is 0.408 bits per heavy atom. The van der Waals surface area contributed by atoms with Gasteiger partial charge in [-0.3, -0.25) is 0 Å². The second-order valence-electron chi connectivity index (χ2n) is 31.3. The van der Waals surface area contributed by atoms with E-state index in [1.807, 2.05) is 107 Å². The van der Waals surface area contributed by atoms with Crippen molar-refractivity contribution < 1.29 is 130 Å². The Labute approximate surface area is 819 Å². The molecule has 1 saturated carbocycles. The van der Waals surface area contributed by atoms with Crippen LogP contribution in [-0.4, -0.2) is 44.5 Å². The van der Waals surface area contributed by atoms with Crippen molar-refractivity contribution in [1.82, 2.24) is 0 Å². The Morgan fingerprint density at radius 1 is 0.197 bits per heavy atom. The van der Waals surface area contributed by atoms with Gasteiger partial charge in [-0.25, -0.2) is 4.39 Å². The normalized spacial score (nSPS) is 13.2. The Bertz CT molecular complexity index is 6180. The van der Waals surface area contributed by atoms with Crippen LogP contribution >= 0.6 is 0 Å². The fraction of sp³-hybridized carbons (Fsp3) is 0.167. The van der Waals surface area contributed by atoms with Crippen LogP contribution in [0.25, 0.3) is 0 Å². The second kappa shape index (κ2) is 48.3. The van der Waals surface area contributed by atoms with E-state index in [1.54, 1.807) is 97.9 Å². The topological polar surface area (TPSA) is 64.6 Å². The van der Waals surface area contributed by atoms with Crippen molar-refractivity contribution >= 4 is 54.5 Å². The molecule has 1 aliphatic carbocycles. The summed E-state index contributed by atoms with van der Waals surface area (Å²) in [6, 6.07) is 103. The van der Waals surface area contributed by atoms with Crippen LogP contribution in [0.3, 0.4) is 0 Å². The first-order valence-electron chi connectivity index (χ1n) is 43.1. The lowest BCUT2D eigenvalue weighted by atomic mass is 9.84. The molecule has 0 bridgehead atoms. The quantitative estimate of drug-likeness (QED) is 0.0467. The summed E-state index contributed by atoms with van der Waals surface area (Å²) in [5.74, 6) is -2.14. The third kappa shape index (κ3) is 33.4. The molecule has 0 heterocycles. The summed E-state index contributed by atoms with van der Waals surface area (Å²) in [6.07, 6.45) is -27.3. The van der Waals surface area contributed by atoms with Crippen LogP contribution in [0.2, 0.25) is 0 Å². The van der Waals surface area contributed by atoms with Gasteiger partial charge in [0, 0.05) is 5.56 Å². The molecule has 15 aromatic carbocycles. The number of alkyl halides is 21. The van der Waals surface area contributed by atoms with Crippen LogP contribution in [0.5, 0.6) is 40.2 Å². The molecule has 0 radical (unpaired) electrons. The summed E-state index contributed by atoms with van der Waals surface area (Å²) >= 11 is 0. The summed E-state index contributed by atoms with van der Waals surface area (Å²) < 4.78 is 307. The van der Waals surface area contributed by atoms with Gasteiger partial charge in [0.05, 0.1) is 32.7 Å². The second-order valence-corrected chi connectivity index (χ2v) is 41.3. The molecule has 16 rings (SSSR count). The molecule has 15 aromatic rings. The summed E-state index contributed by atoms with van der Waals surface area (Å²) in [7, 11) is -3.79. The van der Waals surface area contributed by atoms with Crippen molar-refractivity contribution in [1.29, 1.82) is 0 Å². The van der Waals surface area contributed by atoms with E-state index in [9.17, 15) is 96.6 Å². The summed E-state index contributed by atoms with van der Waals surface area (Å²) in [5.41, 5.74) is 6.47. The minimum atomic E-state index is -4.96. The van der Waals surface area contributed by atoms with Gasteiger partial charge < -0.3 is 33.2 Å². The zero-order valence-electron chi connectivity index (χ0n) is 75.5. The highest BCUT2D eigenvalue weighted by molar-refractivity contribution is 7.98. The molecule has 34 heteroatoms. The number of para-hydroxylation sites is 3. The van der Waals surface area contributed by atoms with Crippen molar-refractivity contribution in [3.63, 3.8) is 0 Å². The lowest BCUT2D eigenvalue weighted by Gasteiger charge is -2.22. The highest BCUT2D eigenvalue weighted by atomic mass is 32.2. The van der Waals surface area contributed by atoms with E-state index >= 15 is 0 Å². The molecule has 1 fully saturated rings. The molecule has 142 heavy (non-hydrogen) atoms. The molecule has 0 N–H and O–H groups in total. The zero-order valence-corrected chi connectivity index (χ0v) is 79.6. The van der Waals surface area contributed by atoms with Gasteiger partial charge in [-0.1, -0.05) is 175 Å². The predicted octanol–water partition coefficient (Wildman–Crippen LogP) is 33.9. The number of aryl methyl sites for hydroxylation is 5. The minimum Gasteiger partial charge on any atom is -0.406 e. The lowest BCUT2D eigenvalue weighted by molar-refractivity contribution is -0.276. The molecule has 3 unspecified atom stereocenters. The SMILES string of the molecule is Cc1ccc([S+](c2ccc(C)cc2)c2ccc(OC(F)(F)F)cc2)cc1.Cc1ccc([S+](c2ccc(F)cc2)c2ccc(OC(F)(F)F)cc2)cc1.Cc1ccc([S+](c2ccc(OC(F)(F)F)cc2)c2ccccc2OC(F)(F)F)cc1.Cc1ccccc1[S+](c1ccccc1OC(F)(F)F)c1ccccc1OC(F)(F)F.FC(F)(F)Oc1ccc([S+](c2ccccc2)c2ccc(C3CCCCC3)cc2)cc1. The van der Waals surface area contributed by atoms with E-state index < -0.39 is 116 Å². The highest BCUT2D eigenvalue weighted by Gasteiger charge is 2.45. The van der Waals surface area contributed by atoms with Crippen molar-refractivity contribution in [3.05, 3.63) is 409 Å². The van der Waals surface area contributed by atoms with Crippen LogP contribution in [0.4, 0.5) is 96.6 Å². The number of benzene rings is 15. The van der Waals surface area contributed by atoms with Gasteiger partial charge in [0.1, 0.15) is 50.6 Å². The van der Waals surface area contributed by atoms with Gasteiger partial charge in [0.2, 0.25) is 14.7 Å². The average Bonchev–Trinajstić information content (AvgIpc) is 0.767. The van der Waals surface area contributed by atoms with Crippen LogP contribution in [0.1, 0.15) is 71.4 Å². The first kappa shape index (κ1) is 108. The Hall–Kier alpha value is -12.9. The smallest absolute Gasteiger partial charge is 0.406 e. The van der Waals surface area contributed by atoms with E-state index in [4.69, 9.17) is 0 Å². The van der Waals surface area contributed by atoms with E-state index in [0.717, 1.165) is 90.6 Å². The summed E-state index contributed by atoms with van der Waals surface area (Å²) in [6.45, 7) is 9.62. The maximum atomic E-state index is 13.3. The minimum absolute atomic E-state index is 0.0855. The van der Waals surface area contributed by atoms with Gasteiger partial charge in [0.15, 0.2) is 76.0 Å². The molecule has 0 amide bonds. The van der Waals surface area contributed by atoms with E-state index in [-0.39, 0.29) is 43.5 Å². The number of hydrogen-bond acceptors (Lipinski definition) is 7. The van der Waals surface area contributed by atoms with Gasteiger partial charge in [0.25, 0.3) is 0 Å². The zero-order chi connectivity index (χ0) is 102. The van der Waals surface area contributed by atoms with Crippen molar-refractivity contribution in [2.75, 3.05) is 0 Å². The van der Waals surface area contributed by atoms with Gasteiger partial charge in [-0.15, -0.1) is 92.2 Å². The number of hydrogen-bond donors (Lipinski definition) is 0. The van der Waals surface area contributed by atoms with Crippen molar-refractivity contribution in [2.24, 2.45) is 0 Å². The molecule has 0 aliphatic heterocycles. The van der Waals surface area contributed by atoms with Gasteiger partial charge >= 0.3 is 44.5 Å². The average molecular weight is 2080 g/mol. The number of rotatable bonds is 23. The fourth-order valence-electron chi connectivity index (χ4n) is 14.5. The maximum absolute atomic E-state index is 13.3. The Balaban J connectivity index is 0.000000159. The maximum Gasteiger partial charge on any atom is 0.573 e. The molecule has 0 saturated heterocycles. The molecular weight excluding hydrogens is 1990 g/mol. The van der Waals surface area contributed by atoms with Crippen molar-refractivity contribution in [3.8, 4) is 40.2 Å². The molecule has 740 valence electrons. The first-order chi connectivity index (χ1) is 67.2. The molecular formula is C108H87F22O7S5+5. The molecule has 3 atom stereocenters. The molecule has 7 nitrogen and oxygen atoms in total. The van der Waals surface area contributed by atoms with E-state index in [2.05, 4.69) is 93.8 Å². The predicted molar refractivity (Wildman–Crippen MR) is 504 cm³/mol. The fourth-order valence-corrected chi connectivity index (χ4v) is 25.1. The molecule has 0 spiro atoms. The number of halogens is 22. The van der Waals surface area contributed by atoms with E-state index in [0.29, 0.717) is 26.2 Å². The van der Waals surface area contributed by atoms with Crippen LogP contribution in [-0.2, 0) is 54.5 Å². The largest absolute Gasteiger partial charge is 0.573 e. The summed E-state index contributed by atoms with van der Waals surface area (Å²) in [5, 5.41) is 0. The monoisotopic (exact) mass is 2070 g/mol. The first-order valence-corrected chi connectivity index (χ1v) is 49.2. The van der Waals surface area contributed by atoms with E-state index in [1.165, 1.54) is 153 Å². The summed E-state index contributed by atoms with van der Waals surface area (Å²) in [4.78, 5) is 11.3. The van der Waals surface area contributed by atoms with Gasteiger partial charge in [-0.2, -0.15) is 0 Å². The van der Waals surface area contributed by atoms with Crippen LogP contribution in [0.15, 0.2) is 443 Å².